The first-order valence-electron chi connectivity index (χ1n) is 7.86. The molecule has 3 nitrogen and oxygen atoms in total. The number of nitrogens with zero attached hydrogens (tertiary/aromatic N) is 1. The van der Waals surface area contributed by atoms with Crippen molar-refractivity contribution < 1.29 is 9.53 Å². The minimum Gasteiger partial charge on any atom is -0.377 e. The molecule has 21 heavy (non-hydrogen) atoms. The van der Waals surface area contributed by atoms with Crippen molar-refractivity contribution >= 4 is 5.91 Å². The molecule has 2 unspecified atom stereocenters. The van der Waals surface area contributed by atoms with Gasteiger partial charge in [-0.1, -0.05) is 44.2 Å². The van der Waals surface area contributed by atoms with E-state index in [4.69, 9.17) is 4.74 Å². The highest BCUT2D eigenvalue weighted by Gasteiger charge is 2.30. The zero-order valence-electron chi connectivity index (χ0n) is 13.6. The molecule has 1 amide bonds. The number of carbonyl (C=O) groups is 1. The fourth-order valence-electron chi connectivity index (χ4n) is 3.08. The number of amides is 1. The molecule has 1 aliphatic rings. The summed E-state index contributed by atoms with van der Waals surface area (Å²) in [6, 6.07) is 10.8. The molecule has 0 saturated carbocycles. The Morgan fingerprint density at radius 3 is 2.33 bits per heavy atom. The van der Waals surface area contributed by atoms with Gasteiger partial charge in [-0.15, -0.1) is 0 Å². The fraction of sp³-hybridized carbons (Fsp3) is 0.611. The van der Waals surface area contributed by atoms with E-state index < -0.39 is 0 Å². The van der Waals surface area contributed by atoms with Crippen LogP contribution in [0, 0.1) is 0 Å². The standard InChI is InChI=1S/C18H27NO2/c1-14-12-21-13-15(2)19(14)17(20)10-11-18(3,4)16-8-6-5-7-9-16/h5-9,14-15H,10-13H2,1-4H3. The van der Waals surface area contributed by atoms with Gasteiger partial charge in [0.05, 0.1) is 25.3 Å². The molecule has 1 aromatic carbocycles. The van der Waals surface area contributed by atoms with Crippen molar-refractivity contribution in [2.75, 3.05) is 13.2 Å². The lowest BCUT2D eigenvalue weighted by Gasteiger charge is -2.39. The number of benzene rings is 1. The van der Waals surface area contributed by atoms with E-state index in [1.54, 1.807) is 0 Å². The van der Waals surface area contributed by atoms with Crippen LogP contribution in [0.5, 0.6) is 0 Å². The third kappa shape index (κ3) is 3.85. The summed E-state index contributed by atoms with van der Waals surface area (Å²) in [5.74, 6) is 0.252. The number of morpholine rings is 1. The second-order valence-corrected chi connectivity index (χ2v) is 6.79. The minimum atomic E-state index is 0.0235. The summed E-state index contributed by atoms with van der Waals surface area (Å²) < 4.78 is 5.50. The number of ether oxygens (including phenoxy) is 1. The number of rotatable bonds is 4. The summed E-state index contributed by atoms with van der Waals surface area (Å²) in [6.45, 7) is 9.85. The van der Waals surface area contributed by atoms with Crippen molar-refractivity contribution in [2.24, 2.45) is 0 Å². The molecular formula is C18H27NO2. The van der Waals surface area contributed by atoms with Gasteiger partial charge in [0, 0.05) is 6.42 Å². The maximum atomic E-state index is 12.6. The zero-order valence-corrected chi connectivity index (χ0v) is 13.6. The number of hydrogen-bond donors (Lipinski definition) is 0. The van der Waals surface area contributed by atoms with Gasteiger partial charge < -0.3 is 9.64 Å². The van der Waals surface area contributed by atoms with Crippen LogP contribution < -0.4 is 0 Å². The highest BCUT2D eigenvalue weighted by atomic mass is 16.5. The lowest BCUT2D eigenvalue weighted by atomic mass is 9.80. The van der Waals surface area contributed by atoms with E-state index in [0.717, 1.165) is 6.42 Å². The predicted molar refractivity (Wildman–Crippen MR) is 85.3 cm³/mol. The molecule has 0 spiro atoms. The Morgan fingerprint density at radius 2 is 1.76 bits per heavy atom. The highest BCUT2D eigenvalue weighted by Crippen LogP contribution is 2.29. The van der Waals surface area contributed by atoms with Crippen molar-refractivity contribution in [3.05, 3.63) is 35.9 Å². The quantitative estimate of drug-likeness (QED) is 0.850. The molecule has 2 atom stereocenters. The minimum absolute atomic E-state index is 0.0235. The van der Waals surface area contributed by atoms with Crippen LogP contribution >= 0.6 is 0 Å². The van der Waals surface area contributed by atoms with Crippen LogP contribution in [0.15, 0.2) is 30.3 Å². The Bertz CT molecular complexity index is 459. The van der Waals surface area contributed by atoms with Crippen LogP contribution in [-0.2, 0) is 14.9 Å². The van der Waals surface area contributed by atoms with Gasteiger partial charge in [0.25, 0.3) is 0 Å². The van der Waals surface area contributed by atoms with Gasteiger partial charge in [-0.3, -0.25) is 4.79 Å². The monoisotopic (exact) mass is 289 g/mol. The SMILES string of the molecule is CC1COCC(C)N1C(=O)CCC(C)(C)c1ccccc1. The molecule has 1 aliphatic heterocycles. The molecule has 0 bridgehead atoms. The molecule has 116 valence electrons. The Kier molecular flexibility index (Phi) is 5.04. The van der Waals surface area contributed by atoms with E-state index in [1.807, 2.05) is 11.0 Å². The van der Waals surface area contributed by atoms with E-state index in [2.05, 4.69) is 52.0 Å². The molecule has 0 aromatic heterocycles. The summed E-state index contributed by atoms with van der Waals surface area (Å²) in [5.41, 5.74) is 1.32. The smallest absolute Gasteiger partial charge is 0.223 e. The van der Waals surface area contributed by atoms with Crippen molar-refractivity contribution in [2.45, 2.75) is 58.0 Å². The highest BCUT2D eigenvalue weighted by molar-refractivity contribution is 5.77. The second kappa shape index (κ2) is 6.61. The summed E-state index contributed by atoms with van der Waals surface area (Å²) in [7, 11) is 0. The maximum absolute atomic E-state index is 12.6. The molecule has 0 radical (unpaired) electrons. The number of carbonyl (C=O) groups excluding carboxylic acids is 1. The lowest BCUT2D eigenvalue weighted by molar-refractivity contribution is -0.144. The van der Waals surface area contributed by atoms with Gasteiger partial charge in [0.2, 0.25) is 5.91 Å². The first-order chi connectivity index (χ1) is 9.92. The van der Waals surface area contributed by atoms with Crippen molar-refractivity contribution in [3.63, 3.8) is 0 Å². The van der Waals surface area contributed by atoms with Crippen LogP contribution in [0.1, 0.15) is 46.1 Å². The van der Waals surface area contributed by atoms with Crippen LogP contribution in [0.25, 0.3) is 0 Å². The van der Waals surface area contributed by atoms with E-state index in [1.165, 1.54) is 5.56 Å². The normalized spacial score (nSPS) is 23.1. The maximum Gasteiger partial charge on any atom is 0.223 e. The second-order valence-electron chi connectivity index (χ2n) is 6.79. The summed E-state index contributed by atoms with van der Waals surface area (Å²) in [5, 5.41) is 0. The molecule has 0 N–H and O–H groups in total. The Balaban J connectivity index is 1.97. The van der Waals surface area contributed by atoms with Gasteiger partial charge in [-0.25, -0.2) is 0 Å². The Hall–Kier alpha value is -1.35. The Morgan fingerprint density at radius 1 is 1.19 bits per heavy atom. The van der Waals surface area contributed by atoms with Gasteiger partial charge in [-0.05, 0) is 31.2 Å². The Labute approximate surface area is 128 Å². The third-order valence-corrected chi connectivity index (χ3v) is 4.47. The molecule has 1 fully saturated rings. The number of hydrogen-bond acceptors (Lipinski definition) is 2. The zero-order chi connectivity index (χ0) is 15.5. The van der Waals surface area contributed by atoms with Gasteiger partial charge in [0.1, 0.15) is 0 Å². The molecule has 2 rings (SSSR count). The van der Waals surface area contributed by atoms with Gasteiger partial charge in [-0.2, -0.15) is 0 Å². The van der Waals surface area contributed by atoms with E-state index in [9.17, 15) is 4.79 Å². The molecule has 1 heterocycles. The van der Waals surface area contributed by atoms with Crippen LogP contribution in [0.2, 0.25) is 0 Å². The average Bonchev–Trinajstić information content (AvgIpc) is 2.46. The molecular weight excluding hydrogens is 262 g/mol. The first kappa shape index (κ1) is 16.0. The molecule has 0 aliphatic carbocycles. The summed E-state index contributed by atoms with van der Waals surface area (Å²) in [4.78, 5) is 14.6. The largest absolute Gasteiger partial charge is 0.377 e. The van der Waals surface area contributed by atoms with Crippen molar-refractivity contribution in [1.82, 2.24) is 4.90 Å². The summed E-state index contributed by atoms with van der Waals surface area (Å²) in [6.07, 6.45) is 1.46. The van der Waals surface area contributed by atoms with Gasteiger partial charge >= 0.3 is 0 Å². The summed E-state index contributed by atoms with van der Waals surface area (Å²) >= 11 is 0. The molecule has 1 aromatic rings. The predicted octanol–water partition coefficient (Wildman–Crippen LogP) is 3.38. The van der Waals surface area contributed by atoms with Crippen LogP contribution in [0.3, 0.4) is 0 Å². The molecule has 3 heteroatoms. The van der Waals surface area contributed by atoms with Crippen LogP contribution in [-0.4, -0.2) is 36.1 Å². The van der Waals surface area contributed by atoms with Crippen molar-refractivity contribution in [1.29, 1.82) is 0 Å². The average molecular weight is 289 g/mol. The fourth-order valence-corrected chi connectivity index (χ4v) is 3.08. The van der Waals surface area contributed by atoms with E-state index >= 15 is 0 Å². The lowest BCUT2D eigenvalue weighted by Crippen LogP contribution is -2.52. The van der Waals surface area contributed by atoms with Gasteiger partial charge in [0.15, 0.2) is 0 Å². The topological polar surface area (TPSA) is 29.5 Å². The third-order valence-electron chi connectivity index (χ3n) is 4.47. The van der Waals surface area contributed by atoms with Crippen molar-refractivity contribution in [3.8, 4) is 0 Å². The first-order valence-corrected chi connectivity index (χ1v) is 7.86. The van der Waals surface area contributed by atoms with E-state index in [-0.39, 0.29) is 23.4 Å². The molecule has 1 saturated heterocycles. The van der Waals surface area contributed by atoms with E-state index in [0.29, 0.717) is 19.6 Å². The van der Waals surface area contributed by atoms with Crippen LogP contribution in [0.4, 0.5) is 0 Å².